The van der Waals surface area contributed by atoms with Gasteiger partial charge in [0.1, 0.15) is 6.04 Å². The van der Waals surface area contributed by atoms with Crippen LogP contribution in [0.1, 0.15) is 12.0 Å². The van der Waals surface area contributed by atoms with Crippen molar-refractivity contribution in [3.05, 3.63) is 22.2 Å². The number of hydrogen-bond acceptors (Lipinski definition) is 3. The maximum absolute atomic E-state index is 12.3. The van der Waals surface area contributed by atoms with Crippen LogP contribution in [-0.4, -0.2) is 26.4 Å². The lowest BCUT2D eigenvalue weighted by Gasteiger charge is -2.16. The van der Waals surface area contributed by atoms with Crippen LogP contribution in [0.5, 0.6) is 11.5 Å². The van der Waals surface area contributed by atoms with Crippen molar-refractivity contribution in [2.75, 3.05) is 14.2 Å². The molecule has 1 aromatic carbocycles. The zero-order valence-electron chi connectivity index (χ0n) is 10.6. The molecular formula is C12H15BrF3NO2. The second-order valence-electron chi connectivity index (χ2n) is 3.99. The molecule has 1 atom stereocenters. The Hall–Kier alpha value is -0.950. The highest BCUT2D eigenvalue weighted by Crippen LogP contribution is 2.34. The third kappa shape index (κ3) is 4.28. The van der Waals surface area contributed by atoms with Crippen LogP contribution in [-0.2, 0) is 6.42 Å². The monoisotopic (exact) mass is 341 g/mol. The summed E-state index contributed by atoms with van der Waals surface area (Å²) in [5.74, 6) is 0.986. The molecule has 0 aromatic heterocycles. The highest BCUT2D eigenvalue weighted by atomic mass is 79.9. The molecule has 0 radical (unpaired) electrons. The van der Waals surface area contributed by atoms with Crippen LogP contribution in [0.15, 0.2) is 16.6 Å². The Balaban J connectivity index is 2.84. The van der Waals surface area contributed by atoms with E-state index >= 15 is 0 Å². The quantitative estimate of drug-likeness (QED) is 0.893. The summed E-state index contributed by atoms with van der Waals surface area (Å²) in [5, 5.41) is 0. The Labute approximate surface area is 118 Å². The number of ether oxygens (including phenoxy) is 2. The number of methoxy groups -OCH3 is 2. The summed E-state index contributed by atoms with van der Waals surface area (Å²) in [7, 11) is 2.96. The average molecular weight is 342 g/mol. The molecule has 0 aliphatic carbocycles. The standard InChI is InChI=1S/C12H15BrF3NO2/c1-18-9-5-7(8(13)6-10(9)19-2)3-4-11(17)12(14,15)16/h5-6,11H,3-4,17H2,1-2H3. The van der Waals surface area contributed by atoms with Crippen LogP contribution in [0.4, 0.5) is 13.2 Å². The van der Waals surface area contributed by atoms with Gasteiger partial charge in [-0.05, 0) is 30.5 Å². The normalized spacial score (nSPS) is 13.2. The summed E-state index contributed by atoms with van der Waals surface area (Å²) in [6.45, 7) is 0. The van der Waals surface area contributed by atoms with Crippen LogP contribution in [0.3, 0.4) is 0 Å². The van der Waals surface area contributed by atoms with Gasteiger partial charge in [0.15, 0.2) is 11.5 Å². The van der Waals surface area contributed by atoms with E-state index in [0.717, 1.165) is 0 Å². The summed E-state index contributed by atoms with van der Waals surface area (Å²) in [6, 6.07) is 1.48. The topological polar surface area (TPSA) is 44.5 Å². The Morgan fingerprint density at radius 1 is 1.21 bits per heavy atom. The number of halogens is 4. The zero-order chi connectivity index (χ0) is 14.6. The number of nitrogens with two attached hydrogens (primary N) is 1. The van der Waals surface area contributed by atoms with Gasteiger partial charge in [-0.3, -0.25) is 0 Å². The van der Waals surface area contributed by atoms with Crippen molar-refractivity contribution in [3.63, 3.8) is 0 Å². The minimum Gasteiger partial charge on any atom is -0.493 e. The van der Waals surface area contributed by atoms with Crippen molar-refractivity contribution in [1.82, 2.24) is 0 Å². The number of benzene rings is 1. The van der Waals surface area contributed by atoms with E-state index in [9.17, 15) is 13.2 Å². The molecule has 1 rings (SSSR count). The molecule has 0 aliphatic rings. The Morgan fingerprint density at radius 3 is 2.21 bits per heavy atom. The minimum absolute atomic E-state index is 0.183. The molecule has 3 nitrogen and oxygen atoms in total. The van der Waals surface area contributed by atoms with Crippen LogP contribution < -0.4 is 15.2 Å². The number of aryl methyl sites for hydroxylation is 1. The first kappa shape index (κ1) is 16.1. The molecule has 19 heavy (non-hydrogen) atoms. The second-order valence-corrected chi connectivity index (χ2v) is 4.84. The molecule has 0 heterocycles. The zero-order valence-corrected chi connectivity index (χ0v) is 12.1. The third-order valence-electron chi connectivity index (χ3n) is 2.70. The van der Waals surface area contributed by atoms with E-state index < -0.39 is 12.2 Å². The van der Waals surface area contributed by atoms with E-state index in [-0.39, 0.29) is 12.8 Å². The predicted octanol–water partition coefficient (Wildman–Crippen LogP) is 3.29. The molecule has 7 heteroatoms. The van der Waals surface area contributed by atoms with Gasteiger partial charge in [0.2, 0.25) is 0 Å². The molecule has 1 aromatic rings. The van der Waals surface area contributed by atoms with Crippen molar-refractivity contribution in [2.45, 2.75) is 25.1 Å². The van der Waals surface area contributed by atoms with Gasteiger partial charge in [-0.2, -0.15) is 13.2 Å². The molecule has 0 saturated heterocycles. The van der Waals surface area contributed by atoms with Crippen LogP contribution in [0.25, 0.3) is 0 Å². The SMILES string of the molecule is COc1cc(Br)c(CCC(N)C(F)(F)F)cc1OC. The van der Waals surface area contributed by atoms with Crippen molar-refractivity contribution in [3.8, 4) is 11.5 Å². The average Bonchev–Trinajstić information content (AvgIpc) is 2.35. The number of alkyl halides is 3. The molecular weight excluding hydrogens is 327 g/mol. The lowest BCUT2D eigenvalue weighted by molar-refractivity contribution is -0.148. The molecule has 1 unspecified atom stereocenters. The number of rotatable bonds is 5. The number of hydrogen-bond donors (Lipinski definition) is 1. The molecule has 0 fully saturated rings. The molecule has 2 N–H and O–H groups in total. The van der Waals surface area contributed by atoms with E-state index in [1.807, 2.05) is 0 Å². The van der Waals surface area contributed by atoms with Crippen LogP contribution >= 0.6 is 15.9 Å². The fraction of sp³-hybridized carbons (Fsp3) is 0.500. The first-order valence-corrected chi connectivity index (χ1v) is 6.31. The summed E-state index contributed by atoms with van der Waals surface area (Å²) >= 11 is 3.29. The van der Waals surface area contributed by atoms with Gasteiger partial charge in [-0.1, -0.05) is 15.9 Å². The lowest BCUT2D eigenvalue weighted by Crippen LogP contribution is -2.37. The lowest BCUT2D eigenvalue weighted by atomic mass is 10.0. The first-order chi connectivity index (χ1) is 8.79. The molecule has 0 saturated carbocycles. The fourth-order valence-corrected chi connectivity index (χ4v) is 2.08. The molecule has 108 valence electrons. The maximum atomic E-state index is 12.3. The van der Waals surface area contributed by atoms with E-state index in [2.05, 4.69) is 15.9 Å². The van der Waals surface area contributed by atoms with Gasteiger partial charge in [0.05, 0.1) is 14.2 Å². The van der Waals surface area contributed by atoms with Crippen LogP contribution in [0, 0.1) is 0 Å². The fourth-order valence-electron chi connectivity index (χ4n) is 1.56. The summed E-state index contributed by atoms with van der Waals surface area (Å²) < 4.78 is 47.9. The maximum Gasteiger partial charge on any atom is 0.403 e. The Kier molecular flexibility index (Phi) is 5.49. The summed E-state index contributed by atoms with van der Waals surface area (Å²) in [5.41, 5.74) is 5.77. The molecule has 0 bridgehead atoms. The minimum atomic E-state index is -4.37. The van der Waals surface area contributed by atoms with Crippen molar-refractivity contribution >= 4 is 15.9 Å². The Bertz CT molecular complexity index is 438. The van der Waals surface area contributed by atoms with Gasteiger partial charge >= 0.3 is 6.18 Å². The predicted molar refractivity (Wildman–Crippen MR) is 69.6 cm³/mol. The highest BCUT2D eigenvalue weighted by Gasteiger charge is 2.36. The first-order valence-electron chi connectivity index (χ1n) is 5.52. The summed E-state index contributed by atoms with van der Waals surface area (Å²) in [6.07, 6.45) is -4.36. The van der Waals surface area contributed by atoms with Crippen LogP contribution in [0.2, 0.25) is 0 Å². The van der Waals surface area contributed by atoms with E-state index in [0.29, 0.717) is 21.5 Å². The van der Waals surface area contributed by atoms with Gasteiger partial charge in [0.25, 0.3) is 0 Å². The highest BCUT2D eigenvalue weighted by molar-refractivity contribution is 9.10. The third-order valence-corrected chi connectivity index (χ3v) is 3.44. The van der Waals surface area contributed by atoms with Gasteiger partial charge in [0, 0.05) is 4.47 Å². The van der Waals surface area contributed by atoms with Crippen molar-refractivity contribution in [2.24, 2.45) is 5.73 Å². The van der Waals surface area contributed by atoms with Gasteiger partial charge in [-0.25, -0.2) is 0 Å². The van der Waals surface area contributed by atoms with E-state index in [1.165, 1.54) is 14.2 Å². The molecule has 0 amide bonds. The summed E-state index contributed by atoms with van der Waals surface area (Å²) in [4.78, 5) is 0. The van der Waals surface area contributed by atoms with Gasteiger partial charge < -0.3 is 15.2 Å². The molecule has 0 aliphatic heterocycles. The Morgan fingerprint density at radius 2 is 1.74 bits per heavy atom. The van der Waals surface area contributed by atoms with E-state index in [4.69, 9.17) is 15.2 Å². The van der Waals surface area contributed by atoms with Crippen molar-refractivity contribution in [1.29, 1.82) is 0 Å². The molecule has 0 spiro atoms. The van der Waals surface area contributed by atoms with E-state index in [1.54, 1.807) is 12.1 Å². The smallest absolute Gasteiger partial charge is 0.403 e. The van der Waals surface area contributed by atoms with Crippen molar-refractivity contribution < 1.29 is 22.6 Å². The largest absolute Gasteiger partial charge is 0.493 e. The van der Waals surface area contributed by atoms with Gasteiger partial charge in [-0.15, -0.1) is 0 Å². The second kappa shape index (κ2) is 6.47.